The van der Waals surface area contributed by atoms with E-state index in [1.165, 1.54) is 0 Å². The van der Waals surface area contributed by atoms with Crippen LogP contribution in [-0.2, 0) is 11.3 Å². The molecule has 1 N–H and O–H groups in total. The van der Waals surface area contributed by atoms with E-state index in [0.29, 0.717) is 19.7 Å². The molecule has 4 rings (SSSR count). The van der Waals surface area contributed by atoms with Crippen molar-refractivity contribution >= 4 is 5.82 Å². The molecule has 2 aliphatic heterocycles. The van der Waals surface area contributed by atoms with Crippen LogP contribution in [0.5, 0.6) is 11.5 Å². The molecule has 2 aromatic rings. The highest BCUT2D eigenvalue weighted by Gasteiger charge is 2.37. The summed E-state index contributed by atoms with van der Waals surface area (Å²) in [6, 6.07) is 12.0. The number of aliphatic hydroxyl groups is 1. The zero-order valence-electron chi connectivity index (χ0n) is 19.8. The van der Waals surface area contributed by atoms with Gasteiger partial charge in [-0.2, -0.15) is 0 Å². The van der Waals surface area contributed by atoms with Crippen LogP contribution in [0.2, 0.25) is 0 Å². The van der Waals surface area contributed by atoms with Crippen LogP contribution in [-0.4, -0.2) is 98.7 Å². The van der Waals surface area contributed by atoms with Gasteiger partial charge in [0.25, 0.3) is 0 Å². The van der Waals surface area contributed by atoms with Crippen LogP contribution in [0.3, 0.4) is 0 Å². The molecule has 180 valence electrons. The number of ether oxygens (including phenoxy) is 3. The monoisotopic (exact) mass is 456 g/mol. The van der Waals surface area contributed by atoms with E-state index in [1.807, 2.05) is 37.4 Å². The molecule has 0 radical (unpaired) electrons. The number of β-amino-alcohol motifs (C(OH)–C–C–N with tert-alkyl or cyclic N) is 1. The number of hydrogen-bond acceptors (Lipinski definition) is 8. The first-order chi connectivity index (χ1) is 16.0. The predicted octanol–water partition coefficient (Wildman–Crippen LogP) is 1.87. The van der Waals surface area contributed by atoms with Crippen molar-refractivity contribution in [3.05, 3.63) is 48.2 Å². The zero-order chi connectivity index (χ0) is 23.1. The first-order valence-electron chi connectivity index (χ1n) is 11.7. The second kappa shape index (κ2) is 11.2. The SMILES string of the molecule is COc1cc(CN(C)CC2(O)CCN(c3ccccn3)C2)ccc1OCCN1CCOCC1. The van der Waals surface area contributed by atoms with Gasteiger partial charge < -0.3 is 24.2 Å². The summed E-state index contributed by atoms with van der Waals surface area (Å²) in [6.45, 7) is 7.71. The Labute approximate surface area is 196 Å². The van der Waals surface area contributed by atoms with Crippen molar-refractivity contribution in [1.29, 1.82) is 0 Å². The molecule has 2 aliphatic rings. The molecular formula is C25H36N4O4. The van der Waals surface area contributed by atoms with Gasteiger partial charge >= 0.3 is 0 Å². The zero-order valence-corrected chi connectivity index (χ0v) is 19.8. The summed E-state index contributed by atoms with van der Waals surface area (Å²) in [5, 5.41) is 11.2. The lowest BCUT2D eigenvalue weighted by atomic mass is 10.0. The van der Waals surface area contributed by atoms with Crippen LogP contribution < -0.4 is 14.4 Å². The summed E-state index contributed by atoms with van der Waals surface area (Å²) in [5.41, 5.74) is 0.372. The van der Waals surface area contributed by atoms with Gasteiger partial charge in [0.1, 0.15) is 12.4 Å². The standard InChI is InChI=1S/C25H36N4O4/c1-27(19-25(30)8-10-29(20-25)24-5-3-4-9-26-24)18-21-6-7-22(23(17-21)31-2)33-16-13-28-11-14-32-15-12-28/h3-7,9,17,30H,8,10-16,18-20H2,1-2H3. The van der Waals surface area contributed by atoms with Gasteiger partial charge in [0, 0.05) is 52.0 Å². The van der Waals surface area contributed by atoms with E-state index in [9.17, 15) is 5.11 Å². The second-order valence-corrected chi connectivity index (χ2v) is 9.04. The van der Waals surface area contributed by atoms with Gasteiger partial charge in [-0.1, -0.05) is 12.1 Å². The first-order valence-corrected chi connectivity index (χ1v) is 11.7. The molecule has 1 atom stereocenters. The van der Waals surface area contributed by atoms with Crippen molar-refractivity contribution in [1.82, 2.24) is 14.8 Å². The van der Waals surface area contributed by atoms with Crippen LogP contribution in [0, 0.1) is 0 Å². The van der Waals surface area contributed by atoms with E-state index in [0.717, 1.165) is 75.2 Å². The molecule has 0 saturated carbocycles. The maximum atomic E-state index is 11.2. The third-order valence-corrected chi connectivity index (χ3v) is 6.32. The second-order valence-electron chi connectivity index (χ2n) is 9.04. The maximum absolute atomic E-state index is 11.2. The quantitative estimate of drug-likeness (QED) is 0.581. The van der Waals surface area contributed by atoms with Crippen molar-refractivity contribution in [3.63, 3.8) is 0 Å². The molecule has 2 saturated heterocycles. The highest BCUT2D eigenvalue weighted by Crippen LogP contribution is 2.30. The number of rotatable bonds is 10. The van der Waals surface area contributed by atoms with Gasteiger partial charge in [0.15, 0.2) is 11.5 Å². The lowest BCUT2D eigenvalue weighted by Crippen LogP contribution is -2.43. The number of morpholine rings is 1. The minimum atomic E-state index is -0.751. The van der Waals surface area contributed by atoms with Gasteiger partial charge in [-0.15, -0.1) is 0 Å². The van der Waals surface area contributed by atoms with Gasteiger partial charge in [-0.05, 0) is 43.3 Å². The highest BCUT2D eigenvalue weighted by molar-refractivity contribution is 5.43. The molecule has 0 amide bonds. The third-order valence-electron chi connectivity index (χ3n) is 6.32. The van der Waals surface area contributed by atoms with Gasteiger partial charge in [0.05, 0.1) is 25.9 Å². The van der Waals surface area contributed by atoms with E-state index in [1.54, 1.807) is 13.3 Å². The average molecular weight is 457 g/mol. The summed E-state index contributed by atoms with van der Waals surface area (Å²) >= 11 is 0. The van der Waals surface area contributed by atoms with Crippen LogP contribution in [0.15, 0.2) is 42.6 Å². The average Bonchev–Trinajstić information content (AvgIpc) is 3.22. The van der Waals surface area contributed by atoms with Crippen LogP contribution in [0.25, 0.3) is 0 Å². The largest absolute Gasteiger partial charge is 0.493 e. The molecule has 8 heteroatoms. The molecule has 8 nitrogen and oxygen atoms in total. The Morgan fingerprint density at radius 2 is 2.00 bits per heavy atom. The van der Waals surface area contributed by atoms with Crippen molar-refractivity contribution < 1.29 is 19.3 Å². The summed E-state index contributed by atoms with van der Waals surface area (Å²) in [7, 11) is 3.71. The lowest BCUT2D eigenvalue weighted by Gasteiger charge is -2.29. The lowest BCUT2D eigenvalue weighted by molar-refractivity contribution is 0.0279. The molecule has 33 heavy (non-hydrogen) atoms. The van der Waals surface area contributed by atoms with Crippen LogP contribution in [0.1, 0.15) is 12.0 Å². The molecular weight excluding hydrogens is 420 g/mol. The minimum absolute atomic E-state index is 0.591. The Kier molecular flexibility index (Phi) is 8.03. The Bertz CT molecular complexity index is 878. The van der Waals surface area contributed by atoms with E-state index in [4.69, 9.17) is 14.2 Å². The smallest absolute Gasteiger partial charge is 0.161 e. The molecule has 0 bridgehead atoms. The molecule has 1 aromatic heterocycles. The molecule has 0 aliphatic carbocycles. The van der Waals surface area contributed by atoms with E-state index >= 15 is 0 Å². The fourth-order valence-corrected chi connectivity index (χ4v) is 4.63. The molecule has 1 unspecified atom stereocenters. The predicted molar refractivity (Wildman–Crippen MR) is 128 cm³/mol. The first kappa shape index (κ1) is 23.8. The van der Waals surface area contributed by atoms with Crippen LogP contribution in [0.4, 0.5) is 5.82 Å². The minimum Gasteiger partial charge on any atom is -0.493 e. The van der Waals surface area contributed by atoms with Crippen molar-refractivity contribution in [3.8, 4) is 11.5 Å². The third kappa shape index (κ3) is 6.57. The van der Waals surface area contributed by atoms with Crippen molar-refractivity contribution in [2.45, 2.75) is 18.6 Å². The Morgan fingerprint density at radius 3 is 2.76 bits per heavy atom. The number of benzene rings is 1. The van der Waals surface area contributed by atoms with Crippen molar-refractivity contribution in [2.24, 2.45) is 0 Å². The number of aromatic nitrogens is 1. The summed E-state index contributed by atoms with van der Waals surface area (Å²) in [6.07, 6.45) is 2.52. The Hall–Kier alpha value is -2.39. The highest BCUT2D eigenvalue weighted by atomic mass is 16.5. The number of methoxy groups -OCH3 is 1. The maximum Gasteiger partial charge on any atom is 0.161 e. The molecule has 3 heterocycles. The topological polar surface area (TPSA) is 70.5 Å². The van der Waals surface area contributed by atoms with Gasteiger partial charge in [0.2, 0.25) is 0 Å². The number of anilines is 1. The number of likely N-dealkylation sites (N-methyl/N-ethyl adjacent to an activating group) is 1. The summed E-state index contributed by atoms with van der Waals surface area (Å²) < 4.78 is 17.0. The van der Waals surface area contributed by atoms with E-state index in [-0.39, 0.29) is 0 Å². The summed E-state index contributed by atoms with van der Waals surface area (Å²) in [5.74, 6) is 2.42. The Balaban J connectivity index is 1.28. The van der Waals surface area contributed by atoms with Crippen molar-refractivity contribution in [2.75, 3.05) is 78.1 Å². The fraction of sp³-hybridized carbons (Fsp3) is 0.560. The fourth-order valence-electron chi connectivity index (χ4n) is 4.63. The Morgan fingerprint density at radius 1 is 1.15 bits per heavy atom. The van der Waals surface area contributed by atoms with E-state index < -0.39 is 5.60 Å². The van der Waals surface area contributed by atoms with Crippen LogP contribution >= 0.6 is 0 Å². The molecule has 1 aromatic carbocycles. The van der Waals surface area contributed by atoms with E-state index in [2.05, 4.69) is 25.8 Å². The summed E-state index contributed by atoms with van der Waals surface area (Å²) in [4.78, 5) is 11.1. The van der Waals surface area contributed by atoms with Gasteiger partial charge in [-0.25, -0.2) is 4.98 Å². The molecule has 2 fully saturated rings. The number of pyridine rings is 1. The number of hydrogen-bond donors (Lipinski definition) is 1. The normalized spacial score (nSPS) is 21.5. The number of nitrogens with zero attached hydrogens (tertiary/aromatic N) is 4. The van der Waals surface area contributed by atoms with Gasteiger partial charge in [-0.3, -0.25) is 9.80 Å². The molecule has 0 spiro atoms.